The van der Waals surface area contributed by atoms with Gasteiger partial charge < -0.3 is 4.55 Å². The van der Waals surface area contributed by atoms with Gasteiger partial charge in [-0.05, 0) is 25.1 Å². The lowest BCUT2D eigenvalue weighted by Gasteiger charge is -2.05. The van der Waals surface area contributed by atoms with Gasteiger partial charge in [0.05, 0.1) is 20.6 Å². The fourth-order valence-electron chi connectivity index (χ4n) is 2.18. The zero-order valence-electron chi connectivity index (χ0n) is 13.6. The predicted molar refractivity (Wildman–Crippen MR) is 90.9 cm³/mol. The molecule has 1 aromatic heterocycles. The molecule has 7 nitrogen and oxygen atoms in total. The highest BCUT2D eigenvalue weighted by atomic mass is 32.2. The quantitative estimate of drug-likeness (QED) is 0.302. The van der Waals surface area contributed by atoms with E-state index in [-0.39, 0.29) is 15.5 Å². The predicted octanol–water partition coefficient (Wildman–Crippen LogP) is 2.47. The van der Waals surface area contributed by atoms with Gasteiger partial charge in [-0.15, -0.1) is 0 Å². The lowest BCUT2D eigenvalue weighted by Crippen LogP contribution is -2.25. The maximum atomic E-state index is 10.7. The average molecular weight is 360 g/mol. The first-order valence-electron chi connectivity index (χ1n) is 7.23. The molecule has 0 saturated heterocycles. The van der Waals surface area contributed by atoms with E-state index in [4.69, 9.17) is 0 Å². The molecule has 25 heavy (non-hydrogen) atoms. The van der Waals surface area contributed by atoms with Gasteiger partial charge in [0.15, 0.2) is 12.4 Å². The molecule has 0 radical (unpaired) electrons. The van der Waals surface area contributed by atoms with Crippen molar-refractivity contribution in [3.05, 3.63) is 76.6 Å². The molecule has 0 fully saturated rings. The van der Waals surface area contributed by atoms with E-state index in [2.05, 4.69) is 0 Å². The number of nitro benzene ring substituents is 1. The summed E-state index contributed by atoms with van der Waals surface area (Å²) >= 11 is 0. The Hall–Kier alpha value is -2.84. The molecule has 0 saturated carbocycles. The van der Waals surface area contributed by atoms with Crippen LogP contribution in [-0.2, 0) is 17.2 Å². The molecule has 1 heterocycles. The summed E-state index contributed by atoms with van der Waals surface area (Å²) in [6.45, 7) is 1.82. The van der Waals surface area contributed by atoms with Crippen molar-refractivity contribution in [2.75, 3.05) is 0 Å². The van der Waals surface area contributed by atoms with Crippen LogP contribution in [0.5, 0.6) is 0 Å². The van der Waals surface area contributed by atoms with Crippen LogP contribution in [-0.4, -0.2) is 17.9 Å². The zero-order chi connectivity index (χ0) is 18.6. The normalized spacial score (nSPS) is 10.8. The maximum Gasteiger partial charge on any atom is 0.277 e. The molecule has 0 aliphatic rings. The number of nitro groups is 1. The Bertz CT molecular complexity index is 1010. The van der Waals surface area contributed by atoms with Crippen LogP contribution >= 0.6 is 0 Å². The first kappa shape index (κ1) is 18.5. The van der Waals surface area contributed by atoms with Crippen LogP contribution in [0.4, 0.5) is 5.69 Å². The fourth-order valence-corrected chi connectivity index (χ4v) is 2.65. The summed E-state index contributed by atoms with van der Waals surface area (Å²) in [4.78, 5) is 10.2. The first-order chi connectivity index (χ1) is 11.7. The van der Waals surface area contributed by atoms with Crippen molar-refractivity contribution in [2.45, 2.75) is 11.8 Å². The minimum Gasteiger partial charge on any atom is -0.744 e. The van der Waals surface area contributed by atoms with Gasteiger partial charge in [0, 0.05) is 12.1 Å². The molecule has 3 rings (SSSR count). The highest BCUT2D eigenvalue weighted by Gasteiger charge is 2.12. The zero-order valence-corrected chi connectivity index (χ0v) is 14.4. The molecule has 130 valence electrons. The molecule has 0 aliphatic carbocycles. The van der Waals surface area contributed by atoms with E-state index in [1.54, 1.807) is 30.5 Å². The summed E-state index contributed by atoms with van der Waals surface area (Å²) in [5.41, 5.74) is 1.08. The summed E-state index contributed by atoms with van der Waals surface area (Å²) in [5.74, 6) is 0. The van der Waals surface area contributed by atoms with Gasteiger partial charge in [-0.1, -0.05) is 23.8 Å². The molecule has 0 aliphatic heterocycles. The minimum absolute atomic E-state index is 0.156. The lowest BCUT2D eigenvalue weighted by atomic mass is 10.1. The molecule has 0 amide bonds. The van der Waals surface area contributed by atoms with Crippen molar-refractivity contribution in [3.8, 4) is 0 Å². The summed E-state index contributed by atoms with van der Waals surface area (Å²) in [7, 11) is -2.38. The number of hydrogen-bond donors (Lipinski definition) is 0. The molecular weight excluding hydrogens is 344 g/mol. The number of pyridine rings is 1. The SMILES string of the molecule is C[n+]1ccc2c([N+](=O)[O-])cccc2c1.Cc1ccc(S(=O)(=O)[O-])cc1. The third kappa shape index (κ3) is 4.82. The van der Waals surface area contributed by atoms with Gasteiger partial charge in [-0.2, -0.15) is 0 Å². The second kappa shape index (κ2) is 7.37. The topological polar surface area (TPSA) is 104 Å². The fraction of sp³-hybridized carbons (Fsp3) is 0.118. The number of nitrogens with zero attached hydrogens (tertiary/aromatic N) is 2. The van der Waals surface area contributed by atoms with Crippen LogP contribution in [0, 0.1) is 17.0 Å². The van der Waals surface area contributed by atoms with Crippen LogP contribution in [0.1, 0.15) is 5.56 Å². The van der Waals surface area contributed by atoms with Gasteiger partial charge in [0.25, 0.3) is 5.69 Å². The Balaban J connectivity index is 0.000000186. The minimum atomic E-state index is -4.27. The second-order valence-electron chi connectivity index (χ2n) is 5.41. The lowest BCUT2D eigenvalue weighted by molar-refractivity contribution is -0.670. The highest BCUT2D eigenvalue weighted by molar-refractivity contribution is 7.85. The second-order valence-corrected chi connectivity index (χ2v) is 6.79. The van der Waals surface area contributed by atoms with Gasteiger partial charge in [-0.3, -0.25) is 10.1 Å². The number of hydrogen-bond acceptors (Lipinski definition) is 5. The van der Waals surface area contributed by atoms with Crippen LogP contribution in [0.3, 0.4) is 0 Å². The van der Waals surface area contributed by atoms with E-state index < -0.39 is 10.1 Å². The van der Waals surface area contributed by atoms with Crippen molar-refractivity contribution < 1.29 is 22.5 Å². The van der Waals surface area contributed by atoms with Gasteiger partial charge in [0.1, 0.15) is 17.2 Å². The molecule has 0 atom stereocenters. The molecule has 0 bridgehead atoms. The monoisotopic (exact) mass is 360 g/mol. The van der Waals surface area contributed by atoms with Gasteiger partial charge in [0.2, 0.25) is 0 Å². The number of benzene rings is 2. The van der Waals surface area contributed by atoms with E-state index in [1.165, 1.54) is 18.2 Å². The van der Waals surface area contributed by atoms with E-state index in [9.17, 15) is 23.1 Å². The van der Waals surface area contributed by atoms with Crippen LogP contribution in [0.15, 0.2) is 65.8 Å². The maximum absolute atomic E-state index is 10.7. The highest BCUT2D eigenvalue weighted by Crippen LogP contribution is 2.23. The number of aryl methyl sites for hydroxylation is 2. The summed E-state index contributed by atoms with van der Waals surface area (Å²) in [6.07, 6.45) is 3.66. The van der Waals surface area contributed by atoms with Crippen LogP contribution in [0.2, 0.25) is 0 Å². The number of aromatic nitrogens is 1. The Morgan fingerprint density at radius 3 is 2.24 bits per heavy atom. The number of fused-ring (bicyclic) bond motifs is 1. The Morgan fingerprint density at radius 1 is 1.04 bits per heavy atom. The molecule has 0 N–H and O–H groups in total. The third-order valence-corrected chi connectivity index (χ3v) is 4.29. The number of rotatable bonds is 2. The van der Waals surface area contributed by atoms with Gasteiger partial charge in [-0.25, -0.2) is 13.0 Å². The Labute approximate surface area is 145 Å². The molecule has 3 aromatic rings. The number of non-ortho nitro benzene ring substituents is 1. The Morgan fingerprint density at radius 2 is 1.68 bits per heavy atom. The summed E-state index contributed by atoms with van der Waals surface area (Å²) < 4.78 is 33.0. The standard InChI is InChI=1S/C10H9N2O2.C7H8O3S/c1-11-6-5-9-8(7-11)3-2-4-10(9)12(13)14;1-6-2-4-7(5-3-6)11(8,9)10/h2-7H,1H3;2-5H,1H3,(H,8,9,10)/q+1;/p-1. The average Bonchev–Trinajstić information content (AvgIpc) is 2.54. The summed E-state index contributed by atoms with van der Waals surface area (Å²) in [6, 6.07) is 12.6. The molecule has 0 unspecified atom stereocenters. The van der Waals surface area contributed by atoms with E-state index in [0.717, 1.165) is 10.9 Å². The summed E-state index contributed by atoms with van der Waals surface area (Å²) in [5, 5.41) is 12.3. The van der Waals surface area contributed by atoms with Crippen molar-refractivity contribution >= 4 is 26.6 Å². The Kier molecular flexibility index (Phi) is 5.45. The molecule has 8 heteroatoms. The van der Waals surface area contributed by atoms with E-state index in [0.29, 0.717) is 5.39 Å². The third-order valence-electron chi connectivity index (χ3n) is 3.44. The first-order valence-corrected chi connectivity index (χ1v) is 8.64. The smallest absolute Gasteiger partial charge is 0.277 e. The van der Waals surface area contributed by atoms with Crippen molar-refractivity contribution in [1.82, 2.24) is 0 Å². The van der Waals surface area contributed by atoms with E-state index >= 15 is 0 Å². The van der Waals surface area contributed by atoms with Gasteiger partial charge >= 0.3 is 0 Å². The largest absolute Gasteiger partial charge is 0.744 e. The van der Waals surface area contributed by atoms with Crippen LogP contribution in [0.25, 0.3) is 10.8 Å². The van der Waals surface area contributed by atoms with Crippen molar-refractivity contribution in [3.63, 3.8) is 0 Å². The van der Waals surface area contributed by atoms with E-state index in [1.807, 2.05) is 30.8 Å². The van der Waals surface area contributed by atoms with Crippen molar-refractivity contribution in [1.29, 1.82) is 0 Å². The molecule has 0 spiro atoms. The molecule has 2 aromatic carbocycles. The van der Waals surface area contributed by atoms with Crippen LogP contribution < -0.4 is 4.57 Å². The molecular formula is C17H16N2O5S. The van der Waals surface area contributed by atoms with Crippen molar-refractivity contribution in [2.24, 2.45) is 7.05 Å².